The number of rotatable bonds is 3. The fraction of sp³-hybridized carbons (Fsp3) is 0.538. The van der Waals surface area contributed by atoms with Gasteiger partial charge in [-0.25, -0.2) is 0 Å². The second-order valence-electron chi connectivity index (χ2n) is 10.8. The molecule has 4 rings (SSSR count). The topological polar surface area (TPSA) is 66.8 Å². The van der Waals surface area contributed by atoms with E-state index in [1.165, 1.54) is 7.11 Å². The second-order valence-corrected chi connectivity index (χ2v) is 12.0. The normalized spacial score (nSPS) is 22.8. The molecule has 0 fully saturated rings. The van der Waals surface area contributed by atoms with Crippen LogP contribution in [0.4, 0.5) is 0 Å². The number of phenols is 1. The molecule has 2 aliphatic carbocycles. The molecule has 0 unspecified atom stereocenters. The summed E-state index contributed by atoms with van der Waals surface area (Å²) in [4.78, 5) is 29.5. The predicted molar refractivity (Wildman–Crippen MR) is 133 cm³/mol. The van der Waals surface area contributed by atoms with Gasteiger partial charge in [-0.1, -0.05) is 27.7 Å². The number of ether oxygens (including phenoxy) is 1. The average molecular weight is 549 g/mol. The van der Waals surface area contributed by atoms with Gasteiger partial charge in [0.05, 0.1) is 10.7 Å². The first kappa shape index (κ1) is 23.3. The number of Topliss-reactive ketones (excluding diaryl/α,β-unsaturated/α-hetero) is 2. The van der Waals surface area contributed by atoms with Gasteiger partial charge in [-0.2, -0.15) is 0 Å². The van der Waals surface area contributed by atoms with Crippen molar-refractivity contribution >= 4 is 34.2 Å². The monoisotopic (exact) mass is 549 g/mol. The van der Waals surface area contributed by atoms with Crippen LogP contribution >= 0.6 is 22.6 Å². The highest BCUT2D eigenvalue weighted by Crippen LogP contribution is 2.55. The standard InChI is InChI=1S/C26H32INO4/c1-7-28-16-10-25(2,3)12-18(29)22(16)21(14-8-15(27)24(31)20(9-14)32-6)23-17(28)11-26(4,5)13-19(23)30/h8-9,21,31H,7,10-13H2,1-6H3. The number of phenolic OH excluding ortho intramolecular Hbond substituents is 1. The Kier molecular flexibility index (Phi) is 5.75. The average Bonchev–Trinajstić information content (AvgIpc) is 2.66. The Morgan fingerprint density at radius 1 is 1.00 bits per heavy atom. The third-order valence-corrected chi connectivity index (χ3v) is 7.76. The van der Waals surface area contributed by atoms with Crippen molar-refractivity contribution < 1.29 is 19.4 Å². The van der Waals surface area contributed by atoms with E-state index in [1.54, 1.807) is 6.07 Å². The molecule has 1 aromatic carbocycles. The summed E-state index contributed by atoms with van der Waals surface area (Å²) in [5, 5.41) is 10.4. The van der Waals surface area contributed by atoms with Crippen LogP contribution in [0.5, 0.6) is 11.5 Å². The Balaban J connectivity index is 2.03. The minimum absolute atomic E-state index is 0.0819. The fourth-order valence-corrected chi connectivity index (χ4v) is 6.30. The number of benzene rings is 1. The quantitative estimate of drug-likeness (QED) is 0.490. The molecule has 0 spiro atoms. The van der Waals surface area contributed by atoms with Crippen LogP contribution in [-0.2, 0) is 9.59 Å². The maximum atomic E-state index is 13.6. The number of carbonyl (C=O) groups is 2. The van der Waals surface area contributed by atoms with Crippen molar-refractivity contribution in [1.29, 1.82) is 0 Å². The Morgan fingerprint density at radius 3 is 1.94 bits per heavy atom. The first-order valence-electron chi connectivity index (χ1n) is 11.3. The van der Waals surface area contributed by atoms with E-state index in [4.69, 9.17) is 4.74 Å². The SMILES string of the molecule is CCN1C2=C(C(=O)CC(C)(C)C2)C(c2cc(I)c(O)c(OC)c2)C2=C1CC(C)(C)CC2=O. The molecule has 172 valence electrons. The molecule has 0 saturated heterocycles. The van der Waals surface area contributed by atoms with Gasteiger partial charge in [0.2, 0.25) is 0 Å². The van der Waals surface area contributed by atoms with Crippen molar-refractivity contribution in [3.63, 3.8) is 0 Å². The van der Waals surface area contributed by atoms with E-state index in [-0.39, 0.29) is 28.1 Å². The number of hydrogen-bond donors (Lipinski definition) is 1. The fourth-order valence-electron chi connectivity index (χ4n) is 5.68. The van der Waals surface area contributed by atoms with E-state index in [0.717, 1.165) is 47.5 Å². The van der Waals surface area contributed by atoms with E-state index in [1.807, 2.05) is 6.07 Å². The van der Waals surface area contributed by atoms with Gasteiger partial charge < -0.3 is 14.7 Å². The number of nitrogens with zero attached hydrogens (tertiary/aromatic N) is 1. The van der Waals surface area contributed by atoms with Gasteiger partial charge in [0, 0.05) is 47.8 Å². The van der Waals surface area contributed by atoms with Crippen LogP contribution in [0, 0.1) is 14.4 Å². The molecule has 6 heteroatoms. The smallest absolute Gasteiger partial charge is 0.171 e. The molecule has 0 amide bonds. The molecule has 1 aromatic rings. The zero-order valence-corrected chi connectivity index (χ0v) is 21.9. The largest absolute Gasteiger partial charge is 0.504 e. The summed E-state index contributed by atoms with van der Waals surface area (Å²) in [6.07, 6.45) is 2.54. The van der Waals surface area contributed by atoms with E-state index in [2.05, 4.69) is 62.1 Å². The van der Waals surface area contributed by atoms with Gasteiger partial charge in [-0.15, -0.1) is 0 Å². The van der Waals surface area contributed by atoms with Crippen molar-refractivity contribution in [3.05, 3.63) is 43.8 Å². The summed E-state index contributed by atoms with van der Waals surface area (Å²) in [5.74, 6) is 0.259. The zero-order valence-electron chi connectivity index (χ0n) is 19.8. The Hall–Kier alpha value is -1.83. The summed E-state index contributed by atoms with van der Waals surface area (Å²) < 4.78 is 6.07. The van der Waals surface area contributed by atoms with Gasteiger partial charge in [-0.05, 0) is 70.9 Å². The molecule has 0 saturated carbocycles. The Bertz CT molecular complexity index is 1030. The number of carbonyl (C=O) groups excluding carboxylic acids is 2. The van der Waals surface area contributed by atoms with Crippen LogP contribution in [0.25, 0.3) is 0 Å². The first-order chi connectivity index (χ1) is 14.9. The maximum absolute atomic E-state index is 13.6. The summed E-state index contributed by atoms with van der Waals surface area (Å²) in [6.45, 7) is 11.4. The van der Waals surface area contributed by atoms with Crippen molar-refractivity contribution in [2.24, 2.45) is 10.8 Å². The molecule has 0 bridgehead atoms. The van der Waals surface area contributed by atoms with Gasteiger partial charge in [-0.3, -0.25) is 9.59 Å². The van der Waals surface area contributed by atoms with E-state index in [0.29, 0.717) is 22.2 Å². The molecule has 5 nitrogen and oxygen atoms in total. The van der Waals surface area contributed by atoms with Crippen LogP contribution in [-0.4, -0.2) is 35.2 Å². The first-order valence-corrected chi connectivity index (χ1v) is 12.3. The lowest BCUT2D eigenvalue weighted by molar-refractivity contribution is -0.119. The highest BCUT2D eigenvalue weighted by molar-refractivity contribution is 14.1. The molecule has 32 heavy (non-hydrogen) atoms. The second kappa shape index (κ2) is 7.89. The highest BCUT2D eigenvalue weighted by atomic mass is 127. The van der Waals surface area contributed by atoms with Gasteiger partial charge in [0.1, 0.15) is 0 Å². The molecule has 1 heterocycles. The van der Waals surface area contributed by atoms with Crippen molar-refractivity contribution in [2.75, 3.05) is 13.7 Å². The van der Waals surface area contributed by atoms with E-state index >= 15 is 0 Å². The van der Waals surface area contributed by atoms with Gasteiger partial charge >= 0.3 is 0 Å². The van der Waals surface area contributed by atoms with Gasteiger partial charge in [0.15, 0.2) is 23.1 Å². The lowest BCUT2D eigenvalue weighted by Crippen LogP contribution is -2.44. The van der Waals surface area contributed by atoms with Crippen LogP contribution in [0.1, 0.15) is 71.8 Å². The molecule has 3 aliphatic rings. The van der Waals surface area contributed by atoms with Crippen LogP contribution < -0.4 is 4.74 Å². The Morgan fingerprint density at radius 2 is 1.50 bits per heavy atom. The van der Waals surface area contributed by atoms with E-state index < -0.39 is 5.92 Å². The number of ketones is 2. The van der Waals surface area contributed by atoms with Crippen LogP contribution in [0.2, 0.25) is 0 Å². The minimum Gasteiger partial charge on any atom is -0.504 e. The molecule has 1 aliphatic heterocycles. The molecule has 1 N–H and O–H groups in total. The predicted octanol–water partition coefficient (Wildman–Crippen LogP) is 5.71. The maximum Gasteiger partial charge on any atom is 0.171 e. The summed E-state index contributed by atoms with van der Waals surface area (Å²) in [7, 11) is 1.52. The summed E-state index contributed by atoms with van der Waals surface area (Å²) in [5.41, 5.74) is 4.21. The number of methoxy groups -OCH3 is 1. The summed E-state index contributed by atoms with van der Waals surface area (Å²) in [6, 6.07) is 3.68. The zero-order chi connectivity index (χ0) is 23.6. The van der Waals surface area contributed by atoms with Crippen LogP contribution in [0.15, 0.2) is 34.7 Å². The van der Waals surface area contributed by atoms with Crippen molar-refractivity contribution in [1.82, 2.24) is 4.90 Å². The number of aromatic hydroxyl groups is 1. The number of halogens is 1. The third kappa shape index (κ3) is 3.78. The molecular weight excluding hydrogens is 517 g/mol. The lowest BCUT2D eigenvalue weighted by atomic mass is 9.63. The molecule has 0 aromatic heterocycles. The minimum atomic E-state index is -0.419. The van der Waals surface area contributed by atoms with Gasteiger partial charge in [0.25, 0.3) is 0 Å². The number of allylic oxidation sites excluding steroid dienone is 4. The van der Waals surface area contributed by atoms with E-state index in [9.17, 15) is 14.7 Å². The van der Waals surface area contributed by atoms with Crippen molar-refractivity contribution in [3.8, 4) is 11.5 Å². The Labute approximate surface area is 204 Å². The third-order valence-electron chi connectivity index (χ3n) is 6.94. The summed E-state index contributed by atoms with van der Waals surface area (Å²) >= 11 is 2.08. The molecule has 0 atom stereocenters. The molecular formula is C26H32INO4. The lowest BCUT2D eigenvalue weighted by Gasteiger charge is -2.49. The highest BCUT2D eigenvalue weighted by Gasteiger charge is 2.48. The molecule has 0 radical (unpaired) electrons. The van der Waals surface area contributed by atoms with Crippen LogP contribution in [0.3, 0.4) is 0 Å². The van der Waals surface area contributed by atoms with Crippen molar-refractivity contribution in [2.45, 2.75) is 66.2 Å². The number of hydrogen-bond acceptors (Lipinski definition) is 5.